The van der Waals surface area contributed by atoms with Gasteiger partial charge in [-0.25, -0.2) is 8.42 Å². The van der Waals surface area contributed by atoms with E-state index in [1.54, 1.807) is 43.3 Å². The Labute approximate surface area is 243 Å². The molecule has 0 saturated heterocycles. The lowest BCUT2D eigenvalue weighted by Crippen LogP contribution is -2.52. The molecule has 0 saturated carbocycles. The van der Waals surface area contributed by atoms with Gasteiger partial charge in [-0.15, -0.1) is 0 Å². The number of carbonyl (C=O) groups excluding carboxylic acids is 2. The summed E-state index contributed by atoms with van der Waals surface area (Å²) >= 11 is 6.17. The van der Waals surface area contributed by atoms with E-state index in [1.807, 2.05) is 52.0 Å². The fourth-order valence-corrected chi connectivity index (χ4v) is 6.17. The van der Waals surface area contributed by atoms with Crippen LogP contribution >= 0.6 is 11.6 Å². The SMILES string of the molecule is CC[C@H](C(=O)NCC(C)C)N(Cc1ccccc1C)C(=O)CN(c1ccc(Cl)cc1C)S(=O)(=O)c1ccccc1. The second kappa shape index (κ2) is 13.8. The van der Waals surface area contributed by atoms with Gasteiger partial charge in [0.15, 0.2) is 0 Å². The van der Waals surface area contributed by atoms with E-state index in [-0.39, 0.29) is 23.3 Å². The highest BCUT2D eigenvalue weighted by Crippen LogP contribution is 2.29. The molecule has 0 aromatic heterocycles. The van der Waals surface area contributed by atoms with Crippen LogP contribution < -0.4 is 9.62 Å². The maximum absolute atomic E-state index is 14.2. The van der Waals surface area contributed by atoms with E-state index < -0.39 is 28.5 Å². The van der Waals surface area contributed by atoms with Gasteiger partial charge in [-0.05, 0) is 73.2 Å². The van der Waals surface area contributed by atoms with E-state index in [4.69, 9.17) is 11.6 Å². The fourth-order valence-electron chi connectivity index (χ4n) is 4.44. The van der Waals surface area contributed by atoms with Crippen molar-refractivity contribution in [1.82, 2.24) is 10.2 Å². The van der Waals surface area contributed by atoms with E-state index in [1.165, 1.54) is 17.0 Å². The highest BCUT2D eigenvalue weighted by Gasteiger charge is 2.34. The summed E-state index contributed by atoms with van der Waals surface area (Å²) in [7, 11) is -4.13. The van der Waals surface area contributed by atoms with Crippen molar-refractivity contribution in [2.45, 2.75) is 58.5 Å². The molecular formula is C31H38ClN3O4S. The molecule has 9 heteroatoms. The monoisotopic (exact) mass is 583 g/mol. The number of halogens is 1. The maximum atomic E-state index is 14.2. The third-order valence-corrected chi connectivity index (χ3v) is 8.72. The van der Waals surface area contributed by atoms with E-state index in [0.29, 0.717) is 29.2 Å². The van der Waals surface area contributed by atoms with Crippen LogP contribution in [0.5, 0.6) is 0 Å². The van der Waals surface area contributed by atoms with Crippen molar-refractivity contribution < 1.29 is 18.0 Å². The molecule has 3 aromatic carbocycles. The number of hydrogen-bond acceptors (Lipinski definition) is 4. The number of carbonyl (C=O) groups is 2. The van der Waals surface area contributed by atoms with Crippen LogP contribution in [0.2, 0.25) is 5.02 Å². The Kier molecular flexibility index (Phi) is 10.8. The molecule has 0 fully saturated rings. The van der Waals surface area contributed by atoms with Crippen LogP contribution in [0.4, 0.5) is 5.69 Å². The first-order valence-electron chi connectivity index (χ1n) is 13.4. The quantitative estimate of drug-likeness (QED) is 0.295. The number of anilines is 1. The largest absolute Gasteiger partial charge is 0.354 e. The second-order valence-corrected chi connectivity index (χ2v) is 12.6. The molecule has 40 heavy (non-hydrogen) atoms. The van der Waals surface area contributed by atoms with Crippen molar-refractivity contribution >= 4 is 39.1 Å². The summed E-state index contributed by atoms with van der Waals surface area (Å²) in [4.78, 5) is 29.0. The number of nitrogens with one attached hydrogen (secondary N) is 1. The van der Waals surface area contributed by atoms with Gasteiger partial charge >= 0.3 is 0 Å². The number of nitrogens with zero attached hydrogens (tertiary/aromatic N) is 2. The summed E-state index contributed by atoms with van der Waals surface area (Å²) in [6, 6.07) is 19.7. The van der Waals surface area contributed by atoms with Gasteiger partial charge in [0.2, 0.25) is 11.8 Å². The molecule has 0 radical (unpaired) electrons. The van der Waals surface area contributed by atoms with Gasteiger partial charge in [-0.2, -0.15) is 0 Å². The van der Waals surface area contributed by atoms with Crippen molar-refractivity contribution in [2.24, 2.45) is 5.92 Å². The Bertz CT molecular complexity index is 1430. The van der Waals surface area contributed by atoms with E-state index >= 15 is 0 Å². The first-order chi connectivity index (χ1) is 18.9. The predicted octanol–water partition coefficient (Wildman–Crippen LogP) is 5.73. The minimum absolute atomic E-state index is 0.0596. The average molecular weight is 584 g/mol. The molecule has 0 aliphatic heterocycles. The predicted molar refractivity (Wildman–Crippen MR) is 161 cm³/mol. The van der Waals surface area contributed by atoms with Crippen LogP contribution in [0.25, 0.3) is 0 Å². The van der Waals surface area contributed by atoms with Crippen LogP contribution in [0.15, 0.2) is 77.7 Å². The van der Waals surface area contributed by atoms with Crippen LogP contribution in [0.1, 0.15) is 43.9 Å². The Balaban J connectivity index is 2.08. The van der Waals surface area contributed by atoms with Gasteiger partial charge in [0.1, 0.15) is 12.6 Å². The Hall–Kier alpha value is -3.36. The van der Waals surface area contributed by atoms with Crippen LogP contribution in [0.3, 0.4) is 0 Å². The van der Waals surface area contributed by atoms with Gasteiger partial charge in [-0.3, -0.25) is 13.9 Å². The average Bonchev–Trinajstić information content (AvgIpc) is 2.92. The number of rotatable bonds is 12. The molecule has 1 atom stereocenters. The molecule has 0 heterocycles. The van der Waals surface area contributed by atoms with Gasteiger partial charge in [-0.1, -0.05) is 74.8 Å². The molecular weight excluding hydrogens is 546 g/mol. The standard InChI is InChI=1S/C31H38ClN3O4S/c1-6-28(31(37)33-19-22(2)3)34(20-25-13-11-10-12-23(25)4)30(36)21-35(29-17-16-26(32)18-24(29)5)40(38,39)27-14-8-7-9-15-27/h7-18,22,28H,6,19-21H2,1-5H3,(H,33,37)/t28-/m1/s1. The zero-order valence-electron chi connectivity index (χ0n) is 23.7. The molecule has 1 N–H and O–H groups in total. The normalized spacial score (nSPS) is 12.2. The number of aryl methyl sites for hydroxylation is 2. The van der Waals surface area contributed by atoms with Crippen LogP contribution in [-0.2, 0) is 26.2 Å². The molecule has 2 amide bonds. The molecule has 3 aromatic rings. The van der Waals surface area contributed by atoms with Crippen LogP contribution in [0, 0.1) is 19.8 Å². The lowest BCUT2D eigenvalue weighted by Gasteiger charge is -2.34. The third kappa shape index (κ3) is 7.64. The third-order valence-electron chi connectivity index (χ3n) is 6.71. The summed E-state index contributed by atoms with van der Waals surface area (Å²) < 4.78 is 29.0. The van der Waals surface area contributed by atoms with Crippen LogP contribution in [-0.4, -0.2) is 44.3 Å². The molecule has 0 bridgehead atoms. The van der Waals surface area contributed by atoms with Crippen molar-refractivity contribution in [2.75, 3.05) is 17.4 Å². The molecule has 0 spiro atoms. The molecule has 0 aliphatic carbocycles. The highest BCUT2D eigenvalue weighted by atomic mass is 35.5. The molecule has 0 aliphatic rings. The summed E-state index contributed by atoms with van der Waals surface area (Å²) in [5.41, 5.74) is 2.80. The van der Waals surface area contributed by atoms with E-state index in [2.05, 4.69) is 5.32 Å². The highest BCUT2D eigenvalue weighted by molar-refractivity contribution is 7.92. The van der Waals surface area contributed by atoms with Crippen molar-refractivity contribution in [3.05, 3.63) is 94.5 Å². The van der Waals surface area contributed by atoms with Crippen molar-refractivity contribution in [3.63, 3.8) is 0 Å². The second-order valence-electron chi connectivity index (χ2n) is 10.3. The Morgan fingerprint density at radius 3 is 2.17 bits per heavy atom. The number of hydrogen-bond donors (Lipinski definition) is 1. The zero-order valence-corrected chi connectivity index (χ0v) is 25.3. The number of sulfonamides is 1. The molecule has 0 unspecified atom stereocenters. The van der Waals surface area contributed by atoms with Gasteiger partial charge in [0.25, 0.3) is 10.0 Å². The smallest absolute Gasteiger partial charge is 0.264 e. The summed E-state index contributed by atoms with van der Waals surface area (Å²) in [5, 5.41) is 3.40. The summed E-state index contributed by atoms with van der Waals surface area (Å²) in [6.07, 6.45) is 0.368. The first kappa shape index (κ1) is 31.2. The zero-order chi connectivity index (χ0) is 29.4. The van der Waals surface area contributed by atoms with Crippen molar-refractivity contribution in [1.29, 1.82) is 0 Å². The minimum atomic E-state index is -4.13. The molecule has 214 valence electrons. The minimum Gasteiger partial charge on any atom is -0.354 e. The number of benzene rings is 3. The lowest BCUT2D eigenvalue weighted by molar-refractivity contribution is -0.140. The van der Waals surface area contributed by atoms with E-state index in [0.717, 1.165) is 15.4 Å². The van der Waals surface area contributed by atoms with Gasteiger partial charge in [0.05, 0.1) is 10.6 Å². The lowest BCUT2D eigenvalue weighted by atomic mass is 10.1. The maximum Gasteiger partial charge on any atom is 0.264 e. The van der Waals surface area contributed by atoms with Crippen molar-refractivity contribution in [3.8, 4) is 0 Å². The number of amides is 2. The topological polar surface area (TPSA) is 86.8 Å². The molecule has 3 rings (SSSR count). The fraction of sp³-hybridized carbons (Fsp3) is 0.355. The molecule has 7 nitrogen and oxygen atoms in total. The Morgan fingerprint density at radius 1 is 0.925 bits per heavy atom. The summed E-state index contributed by atoms with van der Waals surface area (Å²) in [5.74, 6) is -0.511. The van der Waals surface area contributed by atoms with E-state index in [9.17, 15) is 18.0 Å². The summed E-state index contributed by atoms with van der Waals surface area (Å²) in [6.45, 7) is 9.69. The Morgan fingerprint density at radius 2 is 1.57 bits per heavy atom. The van der Waals surface area contributed by atoms with Gasteiger partial charge in [0, 0.05) is 18.1 Å². The first-order valence-corrected chi connectivity index (χ1v) is 15.2. The van der Waals surface area contributed by atoms with Gasteiger partial charge < -0.3 is 10.2 Å².